The second-order valence-electron chi connectivity index (χ2n) is 3.01. The van der Waals surface area contributed by atoms with E-state index in [1.54, 1.807) is 0 Å². The summed E-state index contributed by atoms with van der Waals surface area (Å²) in [5.74, 6) is -9.89. The first kappa shape index (κ1) is 11.3. The molecule has 0 saturated heterocycles. The molecule has 0 aromatic rings. The Morgan fingerprint density at radius 1 is 1.20 bits per heavy atom. The Morgan fingerprint density at radius 2 is 1.67 bits per heavy atom. The summed E-state index contributed by atoms with van der Waals surface area (Å²) < 4.78 is 0. The van der Waals surface area contributed by atoms with E-state index in [9.17, 15) is 24.3 Å². The van der Waals surface area contributed by atoms with Crippen molar-refractivity contribution in [3.05, 3.63) is 0 Å². The number of carboxylic acids is 2. The van der Waals surface area contributed by atoms with Gasteiger partial charge in [-0.2, -0.15) is 0 Å². The molecule has 3 unspecified atom stereocenters. The molecule has 0 aromatic carbocycles. The van der Waals surface area contributed by atoms with Crippen molar-refractivity contribution < 1.29 is 39.6 Å². The lowest BCUT2D eigenvalue weighted by Gasteiger charge is -2.18. The summed E-state index contributed by atoms with van der Waals surface area (Å²) >= 11 is 0. The highest BCUT2D eigenvalue weighted by Crippen LogP contribution is 2.31. The maximum atomic E-state index is 11.0. The van der Waals surface area contributed by atoms with Gasteiger partial charge in [0.05, 0.1) is 0 Å². The summed E-state index contributed by atoms with van der Waals surface area (Å²) in [6.07, 6.45) is -2.41. The van der Waals surface area contributed by atoms with Crippen LogP contribution in [0.3, 0.4) is 0 Å². The minimum Gasteiger partial charge on any atom is -0.481 e. The monoisotopic (exact) mass is 218 g/mol. The van der Waals surface area contributed by atoms with E-state index in [4.69, 9.17) is 15.3 Å². The van der Waals surface area contributed by atoms with E-state index in [0.717, 1.165) is 0 Å². The Morgan fingerprint density at radius 3 is 1.93 bits per heavy atom. The van der Waals surface area contributed by atoms with Gasteiger partial charge in [0.25, 0.3) is 0 Å². The summed E-state index contributed by atoms with van der Waals surface area (Å²) in [5, 5.41) is 35.2. The Balaban J connectivity index is 3.36. The number of hydrogen-bond acceptors (Lipinski definition) is 6. The molecule has 1 saturated carbocycles. The highest BCUT2D eigenvalue weighted by molar-refractivity contribution is 6.30. The molecule has 3 atom stereocenters. The van der Waals surface area contributed by atoms with Crippen LogP contribution in [0.5, 0.6) is 0 Å². The summed E-state index contributed by atoms with van der Waals surface area (Å²) in [4.78, 5) is 43.1. The van der Waals surface area contributed by atoms with Crippen LogP contribution in [-0.4, -0.2) is 55.6 Å². The van der Waals surface area contributed by atoms with E-state index in [2.05, 4.69) is 0 Å². The van der Waals surface area contributed by atoms with Crippen molar-refractivity contribution in [1.82, 2.24) is 0 Å². The average molecular weight is 218 g/mol. The third-order valence-corrected chi connectivity index (χ3v) is 2.17. The number of aliphatic hydroxyl groups excluding tert-OH is 1. The number of hydrogen-bond donors (Lipinski definition) is 4. The van der Waals surface area contributed by atoms with Crippen molar-refractivity contribution in [2.45, 2.75) is 11.7 Å². The summed E-state index contributed by atoms with van der Waals surface area (Å²) in [6, 6.07) is 0. The molecule has 1 rings (SSSR count). The molecule has 0 amide bonds. The Kier molecular flexibility index (Phi) is 2.33. The number of ketones is 2. The number of carboxylic acid groups (broad SMARTS) is 2. The lowest BCUT2D eigenvalue weighted by atomic mass is 9.90. The van der Waals surface area contributed by atoms with Crippen LogP contribution in [0.1, 0.15) is 0 Å². The minimum absolute atomic E-state index is 1.53. The molecule has 1 aliphatic carbocycles. The first-order chi connectivity index (χ1) is 6.74. The number of carbonyl (C=O) groups excluding carboxylic acids is 2. The van der Waals surface area contributed by atoms with Gasteiger partial charge in [-0.05, 0) is 0 Å². The zero-order chi connectivity index (χ0) is 12.0. The van der Waals surface area contributed by atoms with Gasteiger partial charge in [0.1, 0.15) is 0 Å². The minimum atomic E-state index is -3.39. The van der Waals surface area contributed by atoms with Gasteiger partial charge >= 0.3 is 11.9 Å². The molecule has 1 fully saturated rings. The van der Waals surface area contributed by atoms with E-state index < -0.39 is 41.1 Å². The molecule has 8 nitrogen and oxygen atoms in total. The van der Waals surface area contributed by atoms with Crippen molar-refractivity contribution in [1.29, 1.82) is 0 Å². The van der Waals surface area contributed by atoms with Gasteiger partial charge in [-0.1, -0.05) is 0 Å². The second-order valence-corrected chi connectivity index (χ2v) is 3.01. The molecule has 82 valence electrons. The smallest absolute Gasteiger partial charge is 0.345 e. The third-order valence-electron chi connectivity index (χ3n) is 2.17. The fourth-order valence-electron chi connectivity index (χ4n) is 1.37. The topological polar surface area (TPSA) is 149 Å². The van der Waals surface area contributed by atoms with Crippen LogP contribution in [-0.2, 0) is 19.2 Å². The van der Waals surface area contributed by atoms with Gasteiger partial charge in [-0.15, -0.1) is 0 Å². The lowest BCUT2D eigenvalue weighted by molar-refractivity contribution is -0.175. The fourth-order valence-corrected chi connectivity index (χ4v) is 1.37. The number of aliphatic carboxylic acids is 2. The molecule has 0 spiro atoms. The lowest BCUT2D eigenvalue weighted by Crippen LogP contribution is -2.52. The van der Waals surface area contributed by atoms with Crippen molar-refractivity contribution in [2.75, 3.05) is 0 Å². The number of rotatable bonds is 2. The number of aliphatic hydroxyl groups is 2. The van der Waals surface area contributed by atoms with Crippen LogP contribution in [0.4, 0.5) is 0 Å². The van der Waals surface area contributed by atoms with Gasteiger partial charge in [0.15, 0.2) is 17.8 Å². The van der Waals surface area contributed by atoms with E-state index in [-0.39, 0.29) is 0 Å². The van der Waals surface area contributed by atoms with Crippen molar-refractivity contribution >= 4 is 23.5 Å². The molecular formula is C7H6O8. The first-order valence-corrected chi connectivity index (χ1v) is 3.69. The Hall–Kier alpha value is -1.80. The van der Waals surface area contributed by atoms with E-state index in [0.29, 0.717) is 0 Å². The maximum Gasteiger partial charge on any atom is 0.345 e. The van der Waals surface area contributed by atoms with Crippen LogP contribution in [0.25, 0.3) is 0 Å². The summed E-state index contributed by atoms with van der Waals surface area (Å²) in [7, 11) is 0. The SMILES string of the molecule is O=C(O)C1C(=O)C(O)C(=O)C1(O)C(=O)O. The molecule has 1 aliphatic rings. The molecule has 15 heavy (non-hydrogen) atoms. The first-order valence-electron chi connectivity index (χ1n) is 3.69. The van der Waals surface area contributed by atoms with Crippen LogP contribution in [0.2, 0.25) is 0 Å². The highest BCUT2D eigenvalue weighted by atomic mass is 16.4. The zero-order valence-electron chi connectivity index (χ0n) is 7.08. The van der Waals surface area contributed by atoms with Gasteiger partial charge in [0, 0.05) is 0 Å². The van der Waals surface area contributed by atoms with E-state index in [1.165, 1.54) is 0 Å². The predicted molar refractivity (Wildman–Crippen MR) is 39.7 cm³/mol. The standard InChI is InChI=1S/C7H6O8/c8-2-1(5(11)12)7(15,6(13)14)4(10)3(2)9/h1,3,9,15H,(H,11,12)(H,13,14). The number of carbonyl (C=O) groups is 4. The third kappa shape index (κ3) is 1.22. The van der Waals surface area contributed by atoms with E-state index >= 15 is 0 Å². The van der Waals surface area contributed by atoms with Crippen LogP contribution < -0.4 is 0 Å². The second kappa shape index (κ2) is 3.11. The summed E-state index contributed by atoms with van der Waals surface area (Å²) in [6.45, 7) is 0. The molecule has 0 heterocycles. The molecular weight excluding hydrogens is 212 g/mol. The van der Waals surface area contributed by atoms with Crippen LogP contribution in [0, 0.1) is 5.92 Å². The van der Waals surface area contributed by atoms with Crippen LogP contribution >= 0.6 is 0 Å². The van der Waals surface area contributed by atoms with Crippen LogP contribution in [0.15, 0.2) is 0 Å². The van der Waals surface area contributed by atoms with Crippen molar-refractivity contribution in [2.24, 2.45) is 5.92 Å². The molecule has 4 N–H and O–H groups in total. The van der Waals surface area contributed by atoms with Crippen molar-refractivity contribution in [3.63, 3.8) is 0 Å². The van der Waals surface area contributed by atoms with E-state index in [1.807, 2.05) is 0 Å². The fraction of sp³-hybridized carbons (Fsp3) is 0.429. The molecule has 8 heteroatoms. The van der Waals surface area contributed by atoms with Crippen molar-refractivity contribution in [3.8, 4) is 0 Å². The molecule has 0 aromatic heterocycles. The number of Topliss-reactive ketones (excluding diaryl/α,β-unsaturated/α-hetero) is 2. The molecule has 0 aliphatic heterocycles. The molecule has 0 bridgehead atoms. The van der Waals surface area contributed by atoms with Gasteiger partial charge in [-0.3, -0.25) is 14.4 Å². The Labute approximate surface area is 81.7 Å². The Bertz CT molecular complexity index is 371. The quantitative estimate of drug-likeness (QED) is 0.358. The molecule has 0 radical (unpaired) electrons. The predicted octanol–water partition coefficient (Wildman–Crippen LogP) is -2.98. The zero-order valence-corrected chi connectivity index (χ0v) is 7.08. The maximum absolute atomic E-state index is 11.0. The van der Waals surface area contributed by atoms with Gasteiger partial charge < -0.3 is 20.4 Å². The largest absolute Gasteiger partial charge is 0.481 e. The van der Waals surface area contributed by atoms with Gasteiger partial charge in [0.2, 0.25) is 11.4 Å². The normalized spacial score (nSPS) is 35.6. The van der Waals surface area contributed by atoms with Gasteiger partial charge in [-0.25, -0.2) is 4.79 Å². The highest BCUT2D eigenvalue weighted by Gasteiger charge is 2.67. The summed E-state index contributed by atoms with van der Waals surface area (Å²) in [5.41, 5.74) is -3.39. The average Bonchev–Trinajstić information content (AvgIpc) is 2.29.